The second-order valence-corrected chi connectivity index (χ2v) is 5.28. The van der Waals surface area contributed by atoms with E-state index in [0.29, 0.717) is 6.42 Å². The summed E-state index contributed by atoms with van der Waals surface area (Å²) in [4.78, 5) is 25.4. The number of aliphatic hydroxyl groups excluding tert-OH is 2. The van der Waals surface area contributed by atoms with Gasteiger partial charge in [0.1, 0.15) is 6.10 Å². The summed E-state index contributed by atoms with van der Waals surface area (Å²) in [6.45, 7) is 1.67. The number of hydrogen-bond acceptors (Lipinski definition) is 5. The van der Waals surface area contributed by atoms with E-state index >= 15 is 0 Å². The summed E-state index contributed by atoms with van der Waals surface area (Å²) < 4.78 is 6.82. The van der Waals surface area contributed by atoms with Crippen LogP contribution in [-0.4, -0.2) is 38.6 Å². The van der Waals surface area contributed by atoms with Crippen LogP contribution in [0.3, 0.4) is 0 Å². The molecule has 0 saturated carbocycles. The molecule has 1 aromatic rings. The zero-order valence-corrected chi connectivity index (χ0v) is 12.4. The van der Waals surface area contributed by atoms with Gasteiger partial charge in [-0.2, -0.15) is 0 Å². The minimum Gasteiger partial charge on any atom is -0.394 e. The Morgan fingerprint density at radius 2 is 2.32 bits per heavy atom. The van der Waals surface area contributed by atoms with Crippen LogP contribution in [0.5, 0.6) is 0 Å². The van der Waals surface area contributed by atoms with Crippen molar-refractivity contribution in [3.8, 4) is 11.8 Å². The van der Waals surface area contributed by atoms with Gasteiger partial charge in [-0.15, -0.1) is 0 Å². The zero-order valence-electron chi connectivity index (χ0n) is 12.4. The Kier molecular flexibility index (Phi) is 5.19. The topological polar surface area (TPSA) is 105 Å². The molecule has 1 saturated heterocycles. The summed E-state index contributed by atoms with van der Waals surface area (Å²) in [7, 11) is 0. The van der Waals surface area contributed by atoms with Crippen LogP contribution in [0.4, 0.5) is 0 Å². The van der Waals surface area contributed by atoms with Crippen molar-refractivity contribution in [2.24, 2.45) is 0 Å². The summed E-state index contributed by atoms with van der Waals surface area (Å²) in [6.07, 6.45) is 2.12. The van der Waals surface area contributed by atoms with Crippen molar-refractivity contribution in [1.82, 2.24) is 9.55 Å². The Balaban J connectivity index is 2.44. The van der Waals surface area contributed by atoms with E-state index in [0.717, 1.165) is 17.4 Å². The normalized spacial score (nSPS) is 27.4. The maximum Gasteiger partial charge on any atom is 0.331 e. The summed E-state index contributed by atoms with van der Waals surface area (Å²) in [5.74, 6) is 5.85. The Morgan fingerprint density at radius 3 is 2.91 bits per heavy atom. The molecule has 22 heavy (non-hydrogen) atoms. The third kappa shape index (κ3) is 3.30. The van der Waals surface area contributed by atoms with Gasteiger partial charge in [0.25, 0.3) is 5.56 Å². The molecule has 1 aromatic heterocycles. The number of aromatic nitrogens is 2. The summed E-state index contributed by atoms with van der Waals surface area (Å²) in [6, 6.07) is 1.19. The highest BCUT2D eigenvalue weighted by Crippen LogP contribution is 2.33. The zero-order chi connectivity index (χ0) is 16.2. The van der Waals surface area contributed by atoms with Crippen molar-refractivity contribution >= 4 is 0 Å². The molecular formula is C15H20N2O5. The molecule has 3 N–H and O–H groups in total. The second-order valence-electron chi connectivity index (χ2n) is 5.28. The van der Waals surface area contributed by atoms with E-state index < -0.39 is 29.2 Å². The lowest BCUT2D eigenvalue weighted by Gasteiger charge is -2.25. The Labute approximate surface area is 127 Å². The fourth-order valence-electron chi connectivity index (χ4n) is 2.41. The van der Waals surface area contributed by atoms with Crippen molar-refractivity contribution < 1.29 is 14.9 Å². The second kappa shape index (κ2) is 6.92. The Morgan fingerprint density at radius 1 is 1.55 bits per heavy atom. The lowest BCUT2D eigenvalue weighted by atomic mass is 10.1. The molecular weight excluding hydrogens is 288 g/mol. The highest BCUT2D eigenvalue weighted by Gasteiger charge is 2.47. The number of rotatable bonds is 4. The maximum atomic E-state index is 12.0. The van der Waals surface area contributed by atoms with E-state index in [4.69, 9.17) is 4.74 Å². The van der Waals surface area contributed by atoms with E-state index in [1.165, 1.54) is 12.3 Å². The van der Waals surface area contributed by atoms with Gasteiger partial charge in [-0.05, 0) is 12.3 Å². The van der Waals surface area contributed by atoms with Gasteiger partial charge in [0.05, 0.1) is 12.7 Å². The quantitative estimate of drug-likeness (QED) is 0.515. The highest BCUT2D eigenvalue weighted by molar-refractivity contribution is 5.16. The van der Waals surface area contributed by atoms with Crippen LogP contribution >= 0.6 is 0 Å². The molecule has 3 atom stereocenters. The van der Waals surface area contributed by atoms with Crippen molar-refractivity contribution in [2.75, 3.05) is 6.61 Å². The molecule has 2 heterocycles. The molecule has 0 aromatic carbocycles. The van der Waals surface area contributed by atoms with Gasteiger partial charge >= 0.3 is 5.69 Å². The lowest BCUT2D eigenvalue weighted by molar-refractivity contribution is -0.0837. The number of aromatic amines is 1. The van der Waals surface area contributed by atoms with Gasteiger partial charge in [0.2, 0.25) is 5.72 Å². The third-order valence-electron chi connectivity index (χ3n) is 3.59. The number of aliphatic hydroxyl groups is 2. The first kappa shape index (κ1) is 16.5. The lowest BCUT2D eigenvalue weighted by Crippen LogP contribution is -2.43. The molecule has 0 aliphatic carbocycles. The van der Waals surface area contributed by atoms with Gasteiger partial charge in [-0.1, -0.05) is 19.3 Å². The SMILES string of the molecule is CCCCC#C[C@]1(n2ccc(=O)[nH]c2=O)C[C@H](O)[C@@H](CO)O1. The predicted molar refractivity (Wildman–Crippen MR) is 79.2 cm³/mol. The number of nitrogens with zero attached hydrogens (tertiary/aromatic N) is 1. The number of hydrogen-bond donors (Lipinski definition) is 3. The molecule has 120 valence electrons. The van der Waals surface area contributed by atoms with Crippen LogP contribution in [0.1, 0.15) is 32.6 Å². The monoisotopic (exact) mass is 308 g/mol. The largest absolute Gasteiger partial charge is 0.394 e. The first-order valence-corrected chi connectivity index (χ1v) is 7.31. The van der Waals surface area contributed by atoms with E-state index in [-0.39, 0.29) is 13.0 Å². The number of ether oxygens (including phenoxy) is 1. The van der Waals surface area contributed by atoms with Crippen molar-refractivity contribution in [3.63, 3.8) is 0 Å². The van der Waals surface area contributed by atoms with Crippen molar-refractivity contribution in [1.29, 1.82) is 0 Å². The standard InChI is InChI=1S/C15H20N2O5/c1-2-3-4-5-7-15(9-11(19)12(10-18)22-15)17-8-6-13(20)16-14(17)21/h6,8,11-12,18-19H,2-4,9-10H2,1H3,(H,16,20,21)/t11-,12+,15+/m0/s1. The fraction of sp³-hybridized carbons (Fsp3) is 0.600. The van der Waals surface area contributed by atoms with E-state index in [1.54, 1.807) is 0 Å². The fourth-order valence-corrected chi connectivity index (χ4v) is 2.41. The van der Waals surface area contributed by atoms with Crippen LogP contribution in [0.2, 0.25) is 0 Å². The minimum absolute atomic E-state index is 0.0449. The van der Waals surface area contributed by atoms with Crippen molar-refractivity contribution in [2.45, 2.75) is 50.5 Å². The molecule has 0 radical (unpaired) electrons. The first-order chi connectivity index (χ1) is 10.5. The van der Waals surface area contributed by atoms with Gasteiger partial charge in [0.15, 0.2) is 0 Å². The average Bonchev–Trinajstić information content (AvgIpc) is 2.80. The maximum absolute atomic E-state index is 12.0. The van der Waals surface area contributed by atoms with Crippen LogP contribution < -0.4 is 11.2 Å². The first-order valence-electron chi connectivity index (χ1n) is 7.31. The Hall–Kier alpha value is -1.88. The molecule has 0 amide bonds. The molecule has 0 unspecified atom stereocenters. The summed E-state index contributed by atoms with van der Waals surface area (Å²) >= 11 is 0. The van der Waals surface area contributed by atoms with E-state index in [9.17, 15) is 19.8 Å². The van der Waals surface area contributed by atoms with Gasteiger partial charge in [-0.25, -0.2) is 4.79 Å². The van der Waals surface area contributed by atoms with Crippen molar-refractivity contribution in [3.05, 3.63) is 33.1 Å². The molecule has 1 aliphatic heterocycles. The predicted octanol–water partition coefficient (Wildman–Crippen LogP) is -0.475. The minimum atomic E-state index is -1.37. The summed E-state index contributed by atoms with van der Waals surface area (Å²) in [5.41, 5.74) is -2.56. The van der Waals surface area contributed by atoms with E-state index in [2.05, 4.69) is 16.8 Å². The molecule has 2 rings (SSSR count). The number of nitrogens with one attached hydrogen (secondary N) is 1. The van der Waals surface area contributed by atoms with Crippen LogP contribution in [0, 0.1) is 11.8 Å². The van der Waals surface area contributed by atoms with Crippen LogP contribution in [0.25, 0.3) is 0 Å². The highest BCUT2D eigenvalue weighted by atomic mass is 16.6. The third-order valence-corrected chi connectivity index (χ3v) is 3.59. The average molecular weight is 308 g/mol. The van der Waals surface area contributed by atoms with E-state index in [1.807, 2.05) is 6.92 Å². The number of unbranched alkanes of at least 4 members (excludes halogenated alkanes) is 2. The molecule has 1 aliphatic rings. The van der Waals surface area contributed by atoms with Gasteiger partial charge in [0, 0.05) is 25.1 Å². The molecule has 1 fully saturated rings. The molecule has 0 spiro atoms. The molecule has 0 bridgehead atoms. The Bertz CT molecular complexity index is 683. The van der Waals surface area contributed by atoms with Crippen LogP contribution in [-0.2, 0) is 10.5 Å². The molecule has 7 heteroatoms. The number of H-pyrrole nitrogens is 1. The van der Waals surface area contributed by atoms with Gasteiger partial charge in [-0.3, -0.25) is 14.3 Å². The molecule has 7 nitrogen and oxygen atoms in total. The smallest absolute Gasteiger partial charge is 0.331 e. The summed E-state index contributed by atoms with van der Waals surface area (Å²) in [5, 5.41) is 19.3. The van der Waals surface area contributed by atoms with Crippen LogP contribution in [0.15, 0.2) is 21.9 Å². The van der Waals surface area contributed by atoms with Gasteiger partial charge < -0.3 is 14.9 Å².